The minimum atomic E-state index is -1.01. The molecule has 114 valence electrons. The van der Waals surface area contributed by atoms with Crippen LogP contribution in [0.5, 0.6) is 0 Å². The molecule has 2 fully saturated rings. The Morgan fingerprint density at radius 2 is 2.05 bits per heavy atom. The van der Waals surface area contributed by atoms with Gasteiger partial charge in [-0.05, 0) is 31.6 Å². The molecule has 0 radical (unpaired) electrons. The van der Waals surface area contributed by atoms with Gasteiger partial charge in [0.05, 0.1) is 18.6 Å². The number of nitrogens with two attached hydrogens (primary N) is 1. The summed E-state index contributed by atoms with van der Waals surface area (Å²) in [5.41, 5.74) is 5.31. The molecule has 6 heteroatoms. The van der Waals surface area contributed by atoms with E-state index in [1.54, 1.807) is 0 Å². The quantitative estimate of drug-likeness (QED) is 0.785. The number of carbonyl (C=O) groups excluding carboxylic acids is 1. The molecule has 0 aromatic rings. The fourth-order valence-electron chi connectivity index (χ4n) is 3.18. The van der Waals surface area contributed by atoms with Gasteiger partial charge in [-0.25, -0.2) is 4.79 Å². The molecule has 1 atom stereocenters. The van der Waals surface area contributed by atoms with Gasteiger partial charge in [0, 0.05) is 13.1 Å². The molecule has 3 N–H and O–H groups in total. The van der Waals surface area contributed by atoms with E-state index in [4.69, 9.17) is 10.5 Å². The highest BCUT2D eigenvalue weighted by molar-refractivity contribution is 5.88. The largest absolute Gasteiger partial charge is 0.480 e. The van der Waals surface area contributed by atoms with Gasteiger partial charge in [0.2, 0.25) is 5.91 Å². The topological polar surface area (TPSA) is 92.9 Å². The van der Waals surface area contributed by atoms with E-state index in [2.05, 4.69) is 6.92 Å². The molecule has 2 aliphatic rings. The van der Waals surface area contributed by atoms with Gasteiger partial charge in [0.1, 0.15) is 0 Å². The lowest BCUT2D eigenvalue weighted by atomic mass is 9.69. The number of carbonyl (C=O) groups is 2. The SMILES string of the molecule is CC1CCC(CN)(C(=O)N2CCOCC2C(=O)O)CC1. The molecule has 1 heterocycles. The monoisotopic (exact) mass is 284 g/mol. The second kappa shape index (κ2) is 6.10. The number of rotatable bonds is 3. The number of hydrogen-bond acceptors (Lipinski definition) is 4. The van der Waals surface area contributed by atoms with Crippen LogP contribution in [0.3, 0.4) is 0 Å². The zero-order valence-corrected chi connectivity index (χ0v) is 12.0. The van der Waals surface area contributed by atoms with Crippen molar-refractivity contribution >= 4 is 11.9 Å². The van der Waals surface area contributed by atoms with Crippen molar-refractivity contribution in [2.45, 2.75) is 38.6 Å². The van der Waals surface area contributed by atoms with E-state index in [1.165, 1.54) is 4.90 Å². The second-order valence-electron chi connectivity index (χ2n) is 6.09. The molecule has 1 saturated carbocycles. The van der Waals surface area contributed by atoms with Crippen molar-refractivity contribution in [3.8, 4) is 0 Å². The summed E-state index contributed by atoms with van der Waals surface area (Å²) in [6.45, 7) is 3.28. The van der Waals surface area contributed by atoms with Gasteiger partial charge < -0.3 is 20.5 Å². The van der Waals surface area contributed by atoms with Crippen molar-refractivity contribution in [3.05, 3.63) is 0 Å². The standard InChI is InChI=1S/C14H24N2O4/c1-10-2-4-14(9-15,5-3-10)13(19)16-6-7-20-8-11(16)12(17)18/h10-11H,2-9,15H2,1H3,(H,17,18). The van der Waals surface area contributed by atoms with Crippen LogP contribution in [-0.4, -0.2) is 54.2 Å². The summed E-state index contributed by atoms with van der Waals surface area (Å²) in [6.07, 6.45) is 3.47. The Hall–Kier alpha value is -1.14. The second-order valence-corrected chi connectivity index (χ2v) is 6.09. The number of carboxylic acid groups (broad SMARTS) is 1. The number of hydrogen-bond donors (Lipinski definition) is 2. The lowest BCUT2D eigenvalue weighted by Gasteiger charge is -2.43. The van der Waals surface area contributed by atoms with Gasteiger partial charge in [0.25, 0.3) is 0 Å². The van der Waals surface area contributed by atoms with Crippen LogP contribution >= 0.6 is 0 Å². The van der Waals surface area contributed by atoms with Crippen LogP contribution in [0, 0.1) is 11.3 Å². The Kier molecular flexibility index (Phi) is 4.65. The Morgan fingerprint density at radius 3 is 2.60 bits per heavy atom. The van der Waals surface area contributed by atoms with Crippen LogP contribution in [0.15, 0.2) is 0 Å². The van der Waals surface area contributed by atoms with E-state index >= 15 is 0 Å². The summed E-state index contributed by atoms with van der Waals surface area (Å²) >= 11 is 0. The summed E-state index contributed by atoms with van der Waals surface area (Å²) in [6, 6.07) is -0.876. The number of ether oxygens (including phenoxy) is 1. The zero-order valence-electron chi connectivity index (χ0n) is 12.0. The minimum Gasteiger partial charge on any atom is -0.480 e. The maximum absolute atomic E-state index is 12.9. The Labute approximate surface area is 119 Å². The maximum Gasteiger partial charge on any atom is 0.328 e. The summed E-state index contributed by atoms with van der Waals surface area (Å²) in [7, 11) is 0. The first-order valence-corrected chi connectivity index (χ1v) is 7.32. The molecule has 1 amide bonds. The van der Waals surface area contributed by atoms with Crippen molar-refractivity contribution < 1.29 is 19.4 Å². The van der Waals surface area contributed by atoms with Crippen molar-refractivity contribution in [3.63, 3.8) is 0 Å². The number of morpholine rings is 1. The third kappa shape index (κ3) is 2.81. The van der Waals surface area contributed by atoms with E-state index in [1.807, 2.05) is 0 Å². The summed E-state index contributed by atoms with van der Waals surface area (Å²) in [5, 5.41) is 9.25. The fraction of sp³-hybridized carbons (Fsp3) is 0.857. The summed E-state index contributed by atoms with van der Waals surface area (Å²) in [4.78, 5) is 25.6. The molecule has 6 nitrogen and oxygen atoms in total. The van der Waals surface area contributed by atoms with Crippen LogP contribution in [0.1, 0.15) is 32.6 Å². The normalized spacial score (nSPS) is 34.8. The van der Waals surface area contributed by atoms with Gasteiger partial charge >= 0.3 is 5.97 Å². The highest BCUT2D eigenvalue weighted by Crippen LogP contribution is 2.40. The van der Waals surface area contributed by atoms with E-state index < -0.39 is 17.4 Å². The highest BCUT2D eigenvalue weighted by Gasteiger charge is 2.45. The van der Waals surface area contributed by atoms with Crippen LogP contribution in [0.2, 0.25) is 0 Å². The van der Waals surface area contributed by atoms with Crippen LogP contribution in [0.25, 0.3) is 0 Å². The number of amides is 1. The Balaban J connectivity index is 2.16. The van der Waals surface area contributed by atoms with E-state index in [0.717, 1.165) is 25.7 Å². The van der Waals surface area contributed by atoms with Crippen LogP contribution in [-0.2, 0) is 14.3 Å². The van der Waals surface area contributed by atoms with Crippen molar-refractivity contribution in [1.82, 2.24) is 4.90 Å². The molecular weight excluding hydrogens is 260 g/mol. The number of nitrogens with zero attached hydrogens (tertiary/aromatic N) is 1. The first kappa shape index (κ1) is 15.3. The Bertz CT molecular complexity index is 377. The average Bonchev–Trinajstić information content (AvgIpc) is 2.47. The van der Waals surface area contributed by atoms with E-state index in [-0.39, 0.29) is 12.5 Å². The fourth-order valence-corrected chi connectivity index (χ4v) is 3.18. The summed E-state index contributed by atoms with van der Waals surface area (Å²) < 4.78 is 5.19. The predicted molar refractivity (Wildman–Crippen MR) is 73.1 cm³/mol. The van der Waals surface area contributed by atoms with Gasteiger partial charge in [-0.2, -0.15) is 0 Å². The summed E-state index contributed by atoms with van der Waals surface area (Å²) in [5.74, 6) is -0.487. The molecule has 1 aliphatic carbocycles. The van der Waals surface area contributed by atoms with Crippen LogP contribution in [0.4, 0.5) is 0 Å². The van der Waals surface area contributed by atoms with Gasteiger partial charge in [0.15, 0.2) is 6.04 Å². The van der Waals surface area contributed by atoms with Crippen molar-refractivity contribution in [2.75, 3.05) is 26.3 Å². The van der Waals surface area contributed by atoms with Crippen molar-refractivity contribution in [1.29, 1.82) is 0 Å². The number of carboxylic acids is 1. The van der Waals surface area contributed by atoms with Gasteiger partial charge in [-0.3, -0.25) is 4.79 Å². The molecule has 1 saturated heterocycles. The molecule has 2 rings (SSSR count). The average molecular weight is 284 g/mol. The van der Waals surface area contributed by atoms with E-state index in [0.29, 0.717) is 25.6 Å². The van der Waals surface area contributed by atoms with E-state index in [9.17, 15) is 14.7 Å². The lowest BCUT2D eigenvalue weighted by Crippen LogP contribution is -2.59. The molecule has 20 heavy (non-hydrogen) atoms. The molecule has 1 unspecified atom stereocenters. The third-order valence-electron chi connectivity index (χ3n) is 4.75. The maximum atomic E-state index is 12.9. The smallest absolute Gasteiger partial charge is 0.328 e. The van der Waals surface area contributed by atoms with Crippen LogP contribution < -0.4 is 5.73 Å². The first-order chi connectivity index (χ1) is 9.50. The molecule has 0 bridgehead atoms. The predicted octanol–water partition coefficient (Wildman–Crippen LogP) is 0.454. The Morgan fingerprint density at radius 1 is 1.40 bits per heavy atom. The molecule has 0 aromatic heterocycles. The highest BCUT2D eigenvalue weighted by atomic mass is 16.5. The van der Waals surface area contributed by atoms with Crippen molar-refractivity contribution in [2.24, 2.45) is 17.1 Å². The molecule has 0 aromatic carbocycles. The zero-order chi connectivity index (χ0) is 14.8. The molecule has 1 aliphatic heterocycles. The van der Waals surface area contributed by atoms with Gasteiger partial charge in [-0.15, -0.1) is 0 Å². The molecular formula is C14H24N2O4. The van der Waals surface area contributed by atoms with Gasteiger partial charge in [-0.1, -0.05) is 6.92 Å². The first-order valence-electron chi connectivity index (χ1n) is 7.32. The minimum absolute atomic E-state index is 0.0676. The number of aliphatic carboxylic acids is 1. The lowest BCUT2D eigenvalue weighted by molar-refractivity contribution is -0.165. The third-order valence-corrected chi connectivity index (χ3v) is 4.75. The molecule has 0 spiro atoms.